The van der Waals surface area contributed by atoms with E-state index in [1.807, 2.05) is 20.8 Å². The zero-order valence-electron chi connectivity index (χ0n) is 18.8. The van der Waals surface area contributed by atoms with Crippen LogP contribution in [0.3, 0.4) is 0 Å². The van der Waals surface area contributed by atoms with Crippen molar-refractivity contribution in [2.45, 2.75) is 26.2 Å². The van der Waals surface area contributed by atoms with Crippen LogP contribution in [0.2, 0.25) is 0 Å². The molecule has 0 saturated heterocycles. The molecule has 10 heteroatoms. The molecule has 0 radical (unpaired) electrons. The van der Waals surface area contributed by atoms with Gasteiger partial charge in [-0.15, -0.1) is 0 Å². The van der Waals surface area contributed by atoms with E-state index in [1.165, 1.54) is 48.7 Å². The lowest BCUT2D eigenvalue weighted by Gasteiger charge is -2.14. The molecule has 0 bridgehead atoms. The first-order chi connectivity index (χ1) is 16.1. The van der Waals surface area contributed by atoms with E-state index in [0.29, 0.717) is 34.3 Å². The van der Waals surface area contributed by atoms with Crippen LogP contribution >= 0.6 is 0 Å². The summed E-state index contributed by atoms with van der Waals surface area (Å²) in [4.78, 5) is 28.4. The highest BCUT2D eigenvalue weighted by Crippen LogP contribution is 2.35. The molecule has 2 aromatic heterocycles. The number of H-pyrrole nitrogens is 1. The van der Waals surface area contributed by atoms with Crippen molar-refractivity contribution in [3.05, 3.63) is 72.2 Å². The Bertz CT molecular complexity index is 1340. The standard InChI is InChI=1S/C24H23F2N7O/c1-24(2,3)21-32-19(20(33-21)18-10-11-28-22(27)31-18)16-12-15(8-9-17(16)26)30-23(34)29-14-6-4-13(25)5-7-14/h4-12H,1-3H3,(H,32,33)(H2,27,28,31)(H2,29,30,34). The molecule has 0 aliphatic rings. The summed E-state index contributed by atoms with van der Waals surface area (Å²) in [6.07, 6.45) is 1.51. The van der Waals surface area contributed by atoms with Crippen LogP contribution in [0.15, 0.2) is 54.7 Å². The van der Waals surface area contributed by atoms with Gasteiger partial charge >= 0.3 is 6.03 Å². The second kappa shape index (κ2) is 8.89. The number of hydrogen-bond donors (Lipinski definition) is 4. The summed E-state index contributed by atoms with van der Waals surface area (Å²) in [5.74, 6) is -0.242. The van der Waals surface area contributed by atoms with Crippen LogP contribution < -0.4 is 16.4 Å². The van der Waals surface area contributed by atoms with Gasteiger partial charge in [-0.1, -0.05) is 20.8 Å². The summed E-state index contributed by atoms with van der Waals surface area (Å²) < 4.78 is 28.1. The zero-order valence-corrected chi connectivity index (χ0v) is 18.8. The summed E-state index contributed by atoms with van der Waals surface area (Å²) in [6.45, 7) is 5.92. The minimum absolute atomic E-state index is 0.0729. The van der Waals surface area contributed by atoms with Crippen LogP contribution in [0.5, 0.6) is 0 Å². The molecule has 0 atom stereocenters. The van der Waals surface area contributed by atoms with Gasteiger partial charge in [0.25, 0.3) is 0 Å². The Labute approximate surface area is 194 Å². The first-order valence-corrected chi connectivity index (χ1v) is 10.4. The number of halogens is 2. The number of nitrogen functional groups attached to an aromatic ring is 1. The number of hydrogen-bond acceptors (Lipinski definition) is 5. The molecule has 5 N–H and O–H groups in total. The maximum atomic E-state index is 15.0. The molecule has 174 valence electrons. The van der Waals surface area contributed by atoms with Gasteiger partial charge in [-0.05, 0) is 48.5 Å². The molecule has 0 spiro atoms. The van der Waals surface area contributed by atoms with Crippen LogP contribution in [0, 0.1) is 11.6 Å². The van der Waals surface area contributed by atoms with E-state index in [9.17, 15) is 13.6 Å². The highest BCUT2D eigenvalue weighted by molar-refractivity contribution is 6.00. The van der Waals surface area contributed by atoms with Gasteiger partial charge < -0.3 is 21.4 Å². The number of imidazole rings is 1. The van der Waals surface area contributed by atoms with E-state index in [2.05, 4.69) is 30.6 Å². The molecular weight excluding hydrogens is 440 g/mol. The minimum Gasteiger partial charge on any atom is -0.368 e. The Hall–Kier alpha value is -4.34. The van der Waals surface area contributed by atoms with E-state index in [4.69, 9.17) is 5.73 Å². The van der Waals surface area contributed by atoms with Crippen LogP contribution in [0.1, 0.15) is 26.6 Å². The minimum atomic E-state index is -0.564. The Morgan fingerprint density at radius 3 is 2.32 bits per heavy atom. The van der Waals surface area contributed by atoms with Crippen molar-refractivity contribution in [1.29, 1.82) is 0 Å². The molecule has 0 saturated carbocycles. The SMILES string of the molecule is CC(C)(C)c1nc(-c2cc(NC(=O)Nc3ccc(F)cc3)ccc2F)c(-c2ccnc(N)n2)[nH]1. The molecule has 0 fully saturated rings. The average Bonchev–Trinajstić information content (AvgIpc) is 3.23. The highest BCUT2D eigenvalue weighted by atomic mass is 19.1. The second-order valence-corrected chi connectivity index (χ2v) is 8.64. The fraction of sp³-hybridized carbons (Fsp3) is 0.167. The van der Waals surface area contributed by atoms with Crippen LogP contribution in [0.4, 0.5) is 30.9 Å². The smallest absolute Gasteiger partial charge is 0.323 e. The fourth-order valence-corrected chi connectivity index (χ4v) is 3.23. The van der Waals surface area contributed by atoms with Gasteiger partial charge in [0.05, 0.1) is 11.4 Å². The fourth-order valence-electron chi connectivity index (χ4n) is 3.23. The predicted octanol–water partition coefficient (Wildman–Crippen LogP) is 5.34. The molecule has 2 aromatic carbocycles. The number of carbonyl (C=O) groups is 1. The van der Waals surface area contributed by atoms with Crippen LogP contribution in [0.25, 0.3) is 22.6 Å². The zero-order chi connectivity index (χ0) is 24.5. The molecule has 0 aliphatic heterocycles. The number of amides is 2. The van der Waals surface area contributed by atoms with Crippen molar-refractivity contribution in [1.82, 2.24) is 19.9 Å². The molecule has 4 rings (SSSR count). The number of nitrogens with one attached hydrogen (secondary N) is 3. The van der Waals surface area contributed by atoms with Crippen molar-refractivity contribution in [2.24, 2.45) is 0 Å². The first kappa shape index (κ1) is 22.8. The van der Waals surface area contributed by atoms with Crippen molar-refractivity contribution in [3.8, 4) is 22.6 Å². The van der Waals surface area contributed by atoms with Gasteiger partial charge in [-0.3, -0.25) is 0 Å². The number of urea groups is 1. The summed E-state index contributed by atoms with van der Waals surface area (Å²) in [5, 5.41) is 5.25. The lowest BCUT2D eigenvalue weighted by molar-refractivity contribution is 0.262. The predicted molar refractivity (Wildman–Crippen MR) is 127 cm³/mol. The Morgan fingerprint density at radius 2 is 1.65 bits per heavy atom. The summed E-state index contributed by atoms with van der Waals surface area (Å²) in [5.41, 5.74) is 7.57. The van der Waals surface area contributed by atoms with Gasteiger partial charge in [0, 0.05) is 28.6 Å². The van der Waals surface area contributed by atoms with E-state index < -0.39 is 17.7 Å². The van der Waals surface area contributed by atoms with Crippen LogP contribution in [-0.4, -0.2) is 26.0 Å². The molecule has 0 aliphatic carbocycles. The largest absolute Gasteiger partial charge is 0.368 e. The van der Waals surface area contributed by atoms with E-state index in [1.54, 1.807) is 6.07 Å². The third kappa shape index (κ3) is 5.01. The third-order valence-electron chi connectivity index (χ3n) is 4.93. The monoisotopic (exact) mass is 463 g/mol. The molecule has 34 heavy (non-hydrogen) atoms. The lowest BCUT2D eigenvalue weighted by Crippen LogP contribution is -2.19. The summed E-state index contributed by atoms with van der Waals surface area (Å²) in [7, 11) is 0. The Morgan fingerprint density at radius 1 is 0.971 bits per heavy atom. The summed E-state index contributed by atoms with van der Waals surface area (Å²) >= 11 is 0. The van der Waals surface area contributed by atoms with E-state index in [0.717, 1.165) is 0 Å². The van der Waals surface area contributed by atoms with Gasteiger partial charge in [-0.2, -0.15) is 0 Å². The molecule has 0 unspecified atom stereocenters. The number of rotatable bonds is 4. The van der Waals surface area contributed by atoms with E-state index >= 15 is 0 Å². The lowest BCUT2D eigenvalue weighted by atomic mass is 9.96. The maximum Gasteiger partial charge on any atom is 0.323 e. The number of nitrogens with zero attached hydrogens (tertiary/aromatic N) is 3. The van der Waals surface area contributed by atoms with Gasteiger partial charge in [0.15, 0.2) is 0 Å². The van der Waals surface area contributed by atoms with Crippen molar-refractivity contribution in [2.75, 3.05) is 16.4 Å². The number of aromatic amines is 1. The number of carbonyl (C=O) groups excluding carboxylic acids is 1. The highest BCUT2D eigenvalue weighted by Gasteiger charge is 2.25. The van der Waals surface area contributed by atoms with Gasteiger partial charge in [-0.25, -0.2) is 28.5 Å². The van der Waals surface area contributed by atoms with Crippen molar-refractivity contribution < 1.29 is 13.6 Å². The number of benzene rings is 2. The second-order valence-electron chi connectivity index (χ2n) is 8.64. The summed E-state index contributed by atoms with van der Waals surface area (Å²) in [6, 6.07) is 10.6. The quantitative estimate of drug-likeness (QED) is 0.326. The van der Waals surface area contributed by atoms with Gasteiger partial charge in [0.2, 0.25) is 5.95 Å². The number of nitrogens with two attached hydrogens (primary N) is 1. The molecule has 8 nitrogen and oxygen atoms in total. The van der Waals surface area contributed by atoms with Crippen LogP contribution in [-0.2, 0) is 5.41 Å². The third-order valence-corrected chi connectivity index (χ3v) is 4.93. The van der Waals surface area contributed by atoms with Gasteiger partial charge in [0.1, 0.15) is 23.2 Å². The first-order valence-electron chi connectivity index (χ1n) is 10.4. The van der Waals surface area contributed by atoms with Crippen molar-refractivity contribution in [3.63, 3.8) is 0 Å². The maximum absolute atomic E-state index is 15.0. The normalized spacial score (nSPS) is 11.3. The Kier molecular flexibility index (Phi) is 5.97. The van der Waals surface area contributed by atoms with Crippen molar-refractivity contribution >= 4 is 23.4 Å². The number of anilines is 3. The molecular formula is C24H23F2N7O. The number of aromatic nitrogens is 4. The average molecular weight is 463 g/mol. The van der Waals surface area contributed by atoms with E-state index in [-0.39, 0.29) is 16.9 Å². The molecule has 2 heterocycles. The molecule has 2 amide bonds. The topological polar surface area (TPSA) is 122 Å². The molecule has 4 aromatic rings. The Balaban J connectivity index is 1.70.